The summed E-state index contributed by atoms with van der Waals surface area (Å²) in [6.45, 7) is 0.0243. The van der Waals surface area contributed by atoms with Gasteiger partial charge in [0.05, 0.1) is 7.11 Å². The summed E-state index contributed by atoms with van der Waals surface area (Å²) in [5.41, 5.74) is 0. The van der Waals surface area contributed by atoms with E-state index in [0.29, 0.717) is 17.6 Å². The molecule has 0 aliphatic rings. The van der Waals surface area contributed by atoms with E-state index in [9.17, 15) is 9.18 Å². The molecule has 0 radical (unpaired) electrons. The number of nitrogens with zero attached hydrogens (tertiary/aromatic N) is 3. The Morgan fingerprint density at radius 2 is 2.00 bits per heavy atom. The van der Waals surface area contributed by atoms with E-state index in [4.69, 9.17) is 4.74 Å². The second kappa shape index (κ2) is 6.65. The molecular formula is C14H14FN3O3. The zero-order valence-electron chi connectivity index (χ0n) is 11.6. The fourth-order valence-electron chi connectivity index (χ4n) is 1.53. The summed E-state index contributed by atoms with van der Waals surface area (Å²) < 4.78 is 22.9. The van der Waals surface area contributed by atoms with Crippen molar-refractivity contribution in [1.29, 1.82) is 0 Å². The number of carbonyl (C=O) groups is 1. The number of aromatic nitrogens is 2. The molecule has 110 valence electrons. The van der Waals surface area contributed by atoms with Gasteiger partial charge in [0.2, 0.25) is 11.8 Å². The van der Waals surface area contributed by atoms with Gasteiger partial charge in [-0.25, -0.2) is 9.37 Å². The van der Waals surface area contributed by atoms with Crippen molar-refractivity contribution in [2.75, 3.05) is 25.6 Å². The van der Waals surface area contributed by atoms with Crippen molar-refractivity contribution in [1.82, 2.24) is 9.97 Å². The largest absolute Gasteiger partial charge is 0.468 e. The molecular weight excluding hydrogens is 277 g/mol. The van der Waals surface area contributed by atoms with Crippen molar-refractivity contribution in [2.45, 2.75) is 0 Å². The van der Waals surface area contributed by atoms with Gasteiger partial charge >= 0.3 is 5.97 Å². The van der Waals surface area contributed by atoms with Gasteiger partial charge in [0.25, 0.3) is 0 Å². The van der Waals surface area contributed by atoms with Crippen LogP contribution in [0.4, 0.5) is 10.3 Å². The number of esters is 1. The van der Waals surface area contributed by atoms with Crippen molar-refractivity contribution in [3.8, 4) is 11.6 Å². The zero-order chi connectivity index (χ0) is 15.2. The van der Waals surface area contributed by atoms with Gasteiger partial charge in [-0.1, -0.05) is 0 Å². The second-order valence-electron chi connectivity index (χ2n) is 4.18. The van der Waals surface area contributed by atoms with Crippen LogP contribution in [0.1, 0.15) is 0 Å². The molecule has 0 fully saturated rings. The Kier molecular flexibility index (Phi) is 4.65. The Labute approximate surface area is 121 Å². The summed E-state index contributed by atoms with van der Waals surface area (Å²) in [5, 5.41) is 0. The molecule has 21 heavy (non-hydrogen) atoms. The Hall–Kier alpha value is -2.70. The molecule has 2 rings (SSSR count). The normalized spacial score (nSPS) is 10.0. The highest BCUT2D eigenvalue weighted by Gasteiger charge is 2.11. The third-order valence-corrected chi connectivity index (χ3v) is 2.59. The van der Waals surface area contributed by atoms with Crippen molar-refractivity contribution >= 4 is 11.9 Å². The number of rotatable bonds is 5. The number of ether oxygens (including phenoxy) is 2. The first-order valence-corrected chi connectivity index (χ1v) is 6.13. The van der Waals surface area contributed by atoms with Gasteiger partial charge in [0.15, 0.2) is 0 Å². The second-order valence-corrected chi connectivity index (χ2v) is 4.18. The summed E-state index contributed by atoms with van der Waals surface area (Å²) in [6, 6.07) is 7.14. The number of hydrogen-bond donors (Lipinski definition) is 0. The molecule has 1 heterocycles. The van der Waals surface area contributed by atoms with Crippen molar-refractivity contribution < 1.29 is 18.7 Å². The smallest absolute Gasteiger partial charge is 0.325 e. The topological polar surface area (TPSA) is 64.5 Å². The number of benzene rings is 1. The lowest BCUT2D eigenvalue weighted by atomic mass is 10.3. The van der Waals surface area contributed by atoms with E-state index < -0.39 is 5.97 Å². The van der Waals surface area contributed by atoms with Crippen LogP contribution < -0.4 is 9.64 Å². The number of carbonyl (C=O) groups excluding carboxylic acids is 1. The third-order valence-electron chi connectivity index (χ3n) is 2.59. The molecule has 0 aliphatic heterocycles. The van der Waals surface area contributed by atoms with Crippen molar-refractivity contribution in [3.05, 3.63) is 42.3 Å². The quantitative estimate of drug-likeness (QED) is 0.785. The van der Waals surface area contributed by atoms with Gasteiger partial charge in [0.1, 0.15) is 18.1 Å². The van der Waals surface area contributed by atoms with Crippen molar-refractivity contribution in [2.24, 2.45) is 0 Å². The Morgan fingerprint density at radius 1 is 1.29 bits per heavy atom. The van der Waals surface area contributed by atoms with Crippen LogP contribution >= 0.6 is 0 Å². The molecule has 6 nitrogen and oxygen atoms in total. The molecule has 0 amide bonds. The van der Waals surface area contributed by atoms with Gasteiger partial charge in [-0.3, -0.25) is 4.79 Å². The number of likely N-dealkylation sites (N-methyl/N-ethyl adjacent to an activating group) is 1. The highest BCUT2D eigenvalue weighted by atomic mass is 19.1. The Bertz CT molecular complexity index is 619. The lowest BCUT2D eigenvalue weighted by Crippen LogP contribution is -2.27. The van der Waals surface area contributed by atoms with Gasteiger partial charge in [-0.15, -0.1) is 0 Å². The van der Waals surface area contributed by atoms with Gasteiger partial charge in [-0.2, -0.15) is 4.98 Å². The minimum Gasteiger partial charge on any atom is -0.468 e. The number of hydrogen-bond acceptors (Lipinski definition) is 6. The maximum atomic E-state index is 12.8. The van der Waals surface area contributed by atoms with E-state index in [0.717, 1.165) is 0 Å². The van der Waals surface area contributed by atoms with E-state index in [-0.39, 0.29) is 12.4 Å². The molecule has 1 aromatic heterocycles. The molecule has 0 unspecified atom stereocenters. The summed E-state index contributed by atoms with van der Waals surface area (Å²) in [6.07, 6.45) is 1.51. The van der Waals surface area contributed by atoms with Crippen LogP contribution in [0.15, 0.2) is 36.5 Å². The zero-order valence-corrected chi connectivity index (χ0v) is 11.6. The van der Waals surface area contributed by atoms with Crippen molar-refractivity contribution in [3.63, 3.8) is 0 Å². The minimum absolute atomic E-state index is 0.0243. The van der Waals surface area contributed by atoms with Gasteiger partial charge in [0, 0.05) is 19.3 Å². The molecule has 0 N–H and O–H groups in total. The standard InChI is InChI=1S/C14H14FN3O3/c1-18(9-13(19)20-2)14-16-8-7-12(17-14)21-11-5-3-10(15)4-6-11/h3-8H,9H2,1-2H3. The molecule has 0 saturated heterocycles. The Balaban J connectivity index is 2.10. The fourth-order valence-corrected chi connectivity index (χ4v) is 1.53. The highest BCUT2D eigenvalue weighted by Crippen LogP contribution is 2.20. The number of halogens is 1. The molecule has 0 bridgehead atoms. The van der Waals surface area contributed by atoms with Crippen LogP contribution in [0, 0.1) is 5.82 Å². The van der Waals surface area contributed by atoms with Crippen LogP contribution in [0.2, 0.25) is 0 Å². The average Bonchev–Trinajstić information content (AvgIpc) is 2.49. The van der Waals surface area contributed by atoms with Crippen LogP contribution in [-0.2, 0) is 9.53 Å². The van der Waals surface area contributed by atoms with Crippen LogP contribution in [-0.4, -0.2) is 36.6 Å². The first-order valence-electron chi connectivity index (χ1n) is 6.13. The maximum Gasteiger partial charge on any atom is 0.325 e. The molecule has 0 saturated carbocycles. The lowest BCUT2D eigenvalue weighted by Gasteiger charge is -2.15. The monoisotopic (exact) mass is 291 g/mol. The molecule has 0 spiro atoms. The predicted octanol–water partition coefficient (Wildman–Crippen LogP) is 2.02. The summed E-state index contributed by atoms with van der Waals surface area (Å²) >= 11 is 0. The maximum absolute atomic E-state index is 12.8. The van der Waals surface area contributed by atoms with Crippen LogP contribution in [0.25, 0.3) is 0 Å². The molecule has 0 aliphatic carbocycles. The molecule has 0 atom stereocenters. The van der Waals surface area contributed by atoms with Crippen LogP contribution in [0.5, 0.6) is 11.6 Å². The summed E-state index contributed by atoms with van der Waals surface area (Å²) in [7, 11) is 2.97. The third kappa shape index (κ3) is 4.13. The van der Waals surface area contributed by atoms with E-state index in [2.05, 4.69) is 14.7 Å². The summed E-state index contributed by atoms with van der Waals surface area (Å²) in [4.78, 5) is 21.0. The summed E-state index contributed by atoms with van der Waals surface area (Å²) in [5.74, 6) is 0.328. The number of anilines is 1. The van der Waals surface area contributed by atoms with Gasteiger partial charge in [-0.05, 0) is 24.3 Å². The number of methoxy groups -OCH3 is 1. The molecule has 2 aromatic rings. The SMILES string of the molecule is COC(=O)CN(C)c1nccc(Oc2ccc(F)cc2)n1. The first kappa shape index (κ1) is 14.7. The van der Waals surface area contributed by atoms with E-state index >= 15 is 0 Å². The van der Waals surface area contributed by atoms with E-state index in [1.54, 1.807) is 13.1 Å². The van der Waals surface area contributed by atoms with E-state index in [1.165, 1.54) is 42.5 Å². The molecule has 1 aromatic carbocycles. The fraction of sp³-hybridized carbons (Fsp3) is 0.214. The first-order chi connectivity index (χ1) is 10.1. The predicted molar refractivity (Wildman–Crippen MR) is 73.8 cm³/mol. The highest BCUT2D eigenvalue weighted by molar-refractivity contribution is 5.74. The lowest BCUT2D eigenvalue weighted by molar-refractivity contribution is -0.138. The van der Waals surface area contributed by atoms with Gasteiger partial charge < -0.3 is 14.4 Å². The molecule has 7 heteroatoms. The minimum atomic E-state index is -0.397. The van der Waals surface area contributed by atoms with Crippen LogP contribution in [0.3, 0.4) is 0 Å². The van der Waals surface area contributed by atoms with E-state index in [1.807, 2.05) is 0 Å². The average molecular weight is 291 g/mol. The Morgan fingerprint density at radius 3 is 2.67 bits per heavy atom.